The summed E-state index contributed by atoms with van der Waals surface area (Å²) >= 11 is 0. The van der Waals surface area contributed by atoms with Gasteiger partial charge in [-0.05, 0) is 25.0 Å². The van der Waals surface area contributed by atoms with Gasteiger partial charge in [-0.2, -0.15) is 5.10 Å². The van der Waals surface area contributed by atoms with E-state index in [0.717, 1.165) is 44.5 Å². The molecule has 7 heteroatoms. The Balaban J connectivity index is 1.59. The summed E-state index contributed by atoms with van der Waals surface area (Å²) in [6, 6.07) is 9.56. The van der Waals surface area contributed by atoms with Crippen LogP contribution >= 0.6 is 0 Å². The van der Waals surface area contributed by atoms with Crippen molar-refractivity contribution in [2.75, 3.05) is 13.1 Å². The van der Waals surface area contributed by atoms with Crippen LogP contribution in [-0.2, 0) is 11.3 Å². The maximum atomic E-state index is 12.8. The van der Waals surface area contributed by atoms with Crippen molar-refractivity contribution in [3.05, 3.63) is 53.2 Å². The molecule has 7 nitrogen and oxygen atoms in total. The molecule has 0 bridgehead atoms. The predicted octanol–water partition coefficient (Wildman–Crippen LogP) is 2.37. The number of nitrogens with zero attached hydrogens (tertiary/aromatic N) is 5. The normalized spacial score (nSPS) is 15.5. The van der Waals surface area contributed by atoms with E-state index in [-0.39, 0.29) is 18.0 Å². The maximum absolute atomic E-state index is 12.8. The molecule has 2 aromatic heterocycles. The standard InChI is InChI=1S/C20H23N5O2/c26-18(23-11-7-2-1-3-8-12-23)14-24-15-21-19-17(20(24)27)13-22-25(19)16-9-5-4-6-10-16/h4-6,9-10,13,15H,1-3,7-8,11-12,14H2. The third kappa shape index (κ3) is 3.63. The van der Waals surface area contributed by atoms with Gasteiger partial charge in [0.1, 0.15) is 18.3 Å². The highest BCUT2D eigenvalue weighted by atomic mass is 16.2. The van der Waals surface area contributed by atoms with Gasteiger partial charge in [-0.3, -0.25) is 14.2 Å². The fourth-order valence-electron chi connectivity index (χ4n) is 3.56. The summed E-state index contributed by atoms with van der Waals surface area (Å²) in [7, 11) is 0. The number of carbonyl (C=O) groups excluding carboxylic acids is 1. The highest BCUT2D eigenvalue weighted by Gasteiger charge is 2.17. The van der Waals surface area contributed by atoms with E-state index in [1.54, 1.807) is 4.68 Å². The minimum absolute atomic E-state index is 0.0180. The Bertz CT molecular complexity index is 985. The third-order valence-electron chi connectivity index (χ3n) is 5.07. The van der Waals surface area contributed by atoms with Crippen LogP contribution in [0.2, 0.25) is 0 Å². The molecular weight excluding hydrogens is 342 g/mol. The number of amides is 1. The van der Waals surface area contributed by atoms with Crippen molar-refractivity contribution in [2.45, 2.75) is 38.6 Å². The molecule has 3 heterocycles. The molecule has 1 aliphatic heterocycles. The van der Waals surface area contributed by atoms with Gasteiger partial charge in [-0.25, -0.2) is 9.67 Å². The maximum Gasteiger partial charge on any atom is 0.264 e. The molecule has 1 fully saturated rings. The molecule has 1 amide bonds. The van der Waals surface area contributed by atoms with Gasteiger partial charge in [0.15, 0.2) is 5.65 Å². The minimum atomic E-state index is -0.234. The monoisotopic (exact) mass is 365 g/mol. The van der Waals surface area contributed by atoms with Crippen molar-refractivity contribution in [1.82, 2.24) is 24.2 Å². The lowest BCUT2D eigenvalue weighted by molar-refractivity contribution is -0.132. The molecule has 1 aliphatic rings. The number of hydrogen-bond donors (Lipinski definition) is 0. The van der Waals surface area contributed by atoms with Gasteiger partial charge in [0.05, 0.1) is 11.9 Å². The van der Waals surface area contributed by atoms with E-state index in [1.807, 2.05) is 35.2 Å². The van der Waals surface area contributed by atoms with Crippen LogP contribution < -0.4 is 5.56 Å². The van der Waals surface area contributed by atoms with Crippen LogP contribution in [0.1, 0.15) is 32.1 Å². The van der Waals surface area contributed by atoms with Crippen LogP contribution in [0.25, 0.3) is 16.7 Å². The Hall–Kier alpha value is -2.96. The van der Waals surface area contributed by atoms with E-state index in [2.05, 4.69) is 10.1 Å². The zero-order valence-electron chi connectivity index (χ0n) is 15.3. The molecule has 0 aliphatic carbocycles. The van der Waals surface area contributed by atoms with Crippen molar-refractivity contribution >= 4 is 16.9 Å². The van der Waals surface area contributed by atoms with E-state index < -0.39 is 0 Å². The van der Waals surface area contributed by atoms with Crippen molar-refractivity contribution < 1.29 is 4.79 Å². The molecule has 0 atom stereocenters. The van der Waals surface area contributed by atoms with E-state index in [9.17, 15) is 9.59 Å². The van der Waals surface area contributed by atoms with E-state index in [1.165, 1.54) is 23.5 Å². The van der Waals surface area contributed by atoms with E-state index in [4.69, 9.17) is 0 Å². The minimum Gasteiger partial charge on any atom is -0.341 e. The average Bonchev–Trinajstić information content (AvgIpc) is 3.09. The molecule has 1 saturated heterocycles. The second-order valence-corrected chi connectivity index (χ2v) is 6.96. The third-order valence-corrected chi connectivity index (χ3v) is 5.07. The fourth-order valence-corrected chi connectivity index (χ4v) is 3.56. The molecule has 0 spiro atoms. The van der Waals surface area contributed by atoms with Crippen molar-refractivity contribution in [2.24, 2.45) is 0 Å². The largest absolute Gasteiger partial charge is 0.341 e. The number of benzene rings is 1. The van der Waals surface area contributed by atoms with Gasteiger partial charge >= 0.3 is 0 Å². The Morgan fingerprint density at radius 2 is 1.70 bits per heavy atom. The Morgan fingerprint density at radius 1 is 1.00 bits per heavy atom. The lowest BCUT2D eigenvalue weighted by Crippen LogP contribution is -2.38. The number of fused-ring (bicyclic) bond motifs is 1. The molecular formula is C20H23N5O2. The summed E-state index contributed by atoms with van der Waals surface area (Å²) in [6.45, 7) is 1.57. The van der Waals surface area contributed by atoms with Gasteiger partial charge in [0.2, 0.25) is 5.91 Å². The first-order valence-corrected chi connectivity index (χ1v) is 9.50. The van der Waals surface area contributed by atoms with Crippen LogP contribution in [0.4, 0.5) is 0 Å². The predicted molar refractivity (Wildman–Crippen MR) is 103 cm³/mol. The van der Waals surface area contributed by atoms with Crippen LogP contribution in [0.15, 0.2) is 47.7 Å². The molecule has 0 unspecified atom stereocenters. The average molecular weight is 365 g/mol. The summed E-state index contributed by atoms with van der Waals surface area (Å²) in [4.78, 5) is 31.8. The summed E-state index contributed by atoms with van der Waals surface area (Å²) in [5.41, 5.74) is 1.11. The zero-order valence-corrected chi connectivity index (χ0v) is 15.3. The molecule has 140 valence electrons. The zero-order chi connectivity index (χ0) is 18.6. The lowest BCUT2D eigenvalue weighted by atomic mass is 10.1. The number of rotatable bonds is 3. The van der Waals surface area contributed by atoms with Gasteiger partial charge in [-0.15, -0.1) is 0 Å². The number of para-hydroxylation sites is 1. The first-order chi connectivity index (χ1) is 13.2. The number of likely N-dealkylation sites (tertiary alicyclic amines) is 1. The van der Waals surface area contributed by atoms with Gasteiger partial charge in [0, 0.05) is 13.1 Å². The molecule has 27 heavy (non-hydrogen) atoms. The van der Waals surface area contributed by atoms with Crippen molar-refractivity contribution in [3.8, 4) is 5.69 Å². The quantitative estimate of drug-likeness (QED) is 0.714. The van der Waals surface area contributed by atoms with E-state index >= 15 is 0 Å². The number of hydrogen-bond acceptors (Lipinski definition) is 4. The lowest BCUT2D eigenvalue weighted by Gasteiger charge is -2.25. The second kappa shape index (κ2) is 7.73. The Labute approximate surface area is 157 Å². The van der Waals surface area contributed by atoms with Gasteiger partial charge in [0.25, 0.3) is 5.56 Å². The second-order valence-electron chi connectivity index (χ2n) is 6.96. The number of aromatic nitrogens is 4. The Kier molecular flexibility index (Phi) is 5.00. The Morgan fingerprint density at radius 3 is 2.44 bits per heavy atom. The fraction of sp³-hybridized carbons (Fsp3) is 0.400. The summed E-state index contributed by atoms with van der Waals surface area (Å²) in [6.07, 6.45) is 8.60. The molecule has 4 rings (SSSR count). The molecule has 1 aromatic carbocycles. The smallest absolute Gasteiger partial charge is 0.264 e. The van der Waals surface area contributed by atoms with Gasteiger partial charge in [-0.1, -0.05) is 37.5 Å². The van der Waals surface area contributed by atoms with E-state index in [0.29, 0.717) is 11.0 Å². The summed E-state index contributed by atoms with van der Waals surface area (Å²) in [5.74, 6) is -0.0180. The number of carbonyl (C=O) groups is 1. The SMILES string of the molecule is O=C(Cn1cnc2c(cnn2-c2ccccc2)c1=O)N1CCCCCCC1. The van der Waals surface area contributed by atoms with Crippen LogP contribution in [0.5, 0.6) is 0 Å². The van der Waals surface area contributed by atoms with Crippen molar-refractivity contribution in [1.29, 1.82) is 0 Å². The molecule has 3 aromatic rings. The molecule has 0 N–H and O–H groups in total. The molecule has 0 saturated carbocycles. The summed E-state index contributed by atoms with van der Waals surface area (Å²) < 4.78 is 3.03. The van der Waals surface area contributed by atoms with Crippen molar-refractivity contribution in [3.63, 3.8) is 0 Å². The van der Waals surface area contributed by atoms with Crippen LogP contribution in [0.3, 0.4) is 0 Å². The first kappa shape index (κ1) is 17.5. The van der Waals surface area contributed by atoms with Crippen LogP contribution in [0, 0.1) is 0 Å². The first-order valence-electron chi connectivity index (χ1n) is 9.50. The highest BCUT2D eigenvalue weighted by molar-refractivity contribution is 5.78. The van der Waals surface area contributed by atoms with Gasteiger partial charge < -0.3 is 4.90 Å². The topological polar surface area (TPSA) is 73.0 Å². The summed E-state index contributed by atoms with van der Waals surface area (Å²) in [5, 5.41) is 4.72. The molecule has 0 radical (unpaired) electrons. The van der Waals surface area contributed by atoms with Crippen LogP contribution in [-0.4, -0.2) is 43.2 Å². The highest BCUT2D eigenvalue weighted by Crippen LogP contribution is 2.14.